The van der Waals surface area contributed by atoms with Crippen LogP contribution in [0.3, 0.4) is 0 Å². The molecule has 0 saturated carbocycles. The molecule has 1 rings (SSSR count). The van der Waals surface area contributed by atoms with Crippen molar-refractivity contribution in [1.82, 2.24) is 5.32 Å². The number of ether oxygens (including phenoxy) is 1. The van der Waals surface area contributed by atoms with Gasteiger partial charge in [-0.1, -0.05) is 6.08 Å². The number of hydrogen-bond donors (Lipinski definition) is 3. The van der Waals surface area contributed by atoms with E-state index in [1.807, 2.05) is 26.0 Å². The molecule has 2 unspecified atom stereocenters. The number of nitrogens with one attached hydrogen (secondary N) is 1. The first-order chi connectivity index (χ1) is 9.90. The first-order valence-electron chi connectivity index (χ1n) is 6.80. The Morgan fingerprint density at radius 2 is 2.10 bits per heavy atom. The molecule has 0 amide bonds. The Labute approximate surface area is 125 Å². The maximum Gasteiger partial charge on any atom is 0.305 e. The van der Waals surface area contributed by atoms with Crippen molar-refractivity contribution in [2.24, 2.45) is 0 Å². The van der Waals surface area contributed by atoms with Gasteiger partial charge in [0, 0.05) is 12.6 Å². The van der Waals surface area contributed by atoms with E-state index >= 15 is 0 Å². The predicted octanol–water partition coefficient (Wildman–Crippen LogP) is 1.96. The second-order valence-corrected chi connectivity index (χ2v) is 5.02. The Kier molecular flexibility index (Phi) is 6.39. The van der Waals surface area contributed by atoms with Crippen LogP contribution in [0.2, 0.25) is 0 Å². The summed E-state index contributed by atoms with van der Waals surface area (Å²) < 4.78 is 5.25. The molecule has 0 aromatic heterocycles. The quantitative estimate of drug-likeness (QED) is 0.639. The molecular formula is C16H23NO4. The van der Waals surface area contributed by atoms with Gasteiger partial charge in [-0.15, -0.1) is 6.58 Å². The molecule has 0 heterocycles. The molecule has 0 aliphatic heterocycles. The van der Waals surface area contributed by atoms with Crippen LogP contribution in [0.15, 0.2) is 24.8 Å². The average molecular weight is 293 g/mol. The zero-order valence-electron chi connectivity index (χ0n) is 12.7. The third kappa shape index (κ3) is 4.58. The minimum atomic E-state index is -0.960. The smallest absolute Gasteiger partial charge is 0.305 e. The number of aliphatic hydroxyl groups excluding tert-OH is 1. The highest BCUT2D eigenvalue weighted by molar-refractivity contribution is 5.67. The molecule has 2 atom stereocenters. The third-order valence-corrected chi connectivity index (χ3v) is 3.40. The number of carboxylic acid groups (broad SMARTS) is 1. The molecular weight excluding hydrogens is 270 g/mol. The summed E-state index contributed by atoms with van der Waals surface area (Å²) in [6.07, 6.45) is 0.554. The van der Waals surface area contributed by atoms with Crippen LogP contribution in [0.5, 0.6) is 5.75 Å². The molecule has 0 radical (unpaired) electrons. The van der Waals surface area contributed by atoms with Crippen LogP contribution in [0.4, 0.5) is 0 Å². The fourth-order valence-electron chi connectivity index (χ4n) is 2.29. The van der Waals surface area contributed by atoms with Crippen LogP contribution < -0.4 is 10.1 Å². The van der Waals surface area contributed by atoms with Gasteiger partial charge in [0.1, 0.15) is 5.75 Å². The lowest BCUT2D eigenvalue weighted by molar-refractivity contribution is -0.138. The van der Waals surface area contributed by atoms with Gasteiger partial charge in [-0.25, -0.2) is 0 Å². The number of rotatable bonds is 8. The molecule has 116 valence electrons. The van der Waals surface area contributed by atoms with E-state index in [0.29, 0.717) is 12.1 Å². The highest BCUT2D eigenvalue weighted by atomic mass is 16.5. The van der Waals surface area contributed by atoms with Gasteiger partial charge in [-0.05, 0) is 42.7 Å². The van der Waals surface area contributed by atoms with E-state index < -0.39 is 18.1 Å². The van der Waals surface area contributed by atoms with E-state index in [-0.39, 0.29) is 6.42 Å². The first kappa shape index (κ1) is 17.2. The van der Waals surface area contributed by atoms with Crippen molar-refractivity contribution < 1.29 is 19.7 Å². The van der Waals surface area contributed by atoms with Crippen molar-refractivity contribution in [3.8, 4) is 5.75 Å². The second-order valence-electron chi connectivity index (χ2n) is 5.02. The van der Waals surface area contributed by atoms with Crippen LogP contribution in [-0.2, 0) is 4.79 Å². The summed E-state index contributed by atoms with van der Waals surface area (Å²) in [6.45, 7) is 7.78. The first-order valence-corrected chi connectivity index (χ1v) is 6.80. The second kappa shape index (κ2) is 7.81. The number of carbonyl (C=O) groups is 1. The summed E-state index contributed by atoms with van der Waals surface area (Å²) >= 11 is 0. The maximum absolute atomic E-state index is 11.0. The summed E-state index contributed by atoms with van der Waals surface area (Å²) in [5.74, 6) is -0.212. The Morgan fingerprint density at radius 1 is 1.43 bits per heavy atom. The van der Waals surface area contributed by atoms with Crippen LogP contribution in [-0.4, -0.2) is 35.9 Å². The van der Waals surface area contributed by atoms with Crippen molar-refractivity contribution >= 4 is 5.97 Å². The number of aliphatic hydroxyl groups is 1. The summed E-state index contributed by atoms with van der Waals surface area (Å²) in [4.78, 5) is 11.0. The van der Waals surface area contributed by atoms with Crippen LogP contribution in [0, 0.1) is 13.8 Å². The largest absolute Gasteiger partial charge is 0.496 e. The van der Waals surface area contributed by atoms with Crippen LogP contribution in [0.1, 0.15) is 29.2 Å². The lowest BCUT2D eigenvalue weighted by Gasteiger charge is -2.25. The van der Waals surface area contributed by atoms with Crippen LogP contribution >= 0.6 is 0 Å². The van der Waals surface area contributed by atoms with E-state index in [1.54, 1.807) is 13.2 Å². The normalized spacial score (nSPS) is 13.5. The SMILES string of the molecule is C=CCNC(CC(=O)O)C(O)c1cc(C)c(OC)cc1C. The number of carboxylic acids is 1. The molecule has 5 heteroatoms. The fraction of sp³-hybridized carbons (Fsp3) is 0.438. The summed E-state index contributed by atoms with van der Waals surface area (Å²) in [6, 6.07) is 3.11. The summed E-state index contributed by atoms with van der Waals surface area (Å²) in [7, 11) is 1.59. The van der Waals surface area contributed by atoms with Crippen molar-refractivity contribution in [1.29, 1.82) is 0 Å². The van der Waals surface area contributed by atoms with Gasteiger partial charge in [0.2, 0.25) is 0 Å². The standard InChI is InChI=1S/C16H23NO4/c1-5-6-17-13(9-15(18)19)16(20)12-7-11(3)14(21-4)8-10(12)2/h5,7-8,13,16-17,20H,1,6,9H2,2-4H3,(H,18,19). The Bertz CT molecular complexity index is 513. The monoisotopic (exact) mass is 293 g/mol. The third-order valence-electron chi connectivity index (χ3n) is 3.40. The molecule has 1 aromatic rings. The molecule has 0 saturated heterocycles. The highest BCUT2D eigenvalue weighted by Gasteiger charge is 2.24. The highest BCUT2D eigenvalue weighted by Crippen LogP contribution is 2.29. The van der Waals surface area contributed by atoms with Gasteiger partial charge in [-0.2, -0.15) is 0 Å². The Morgan fingerprint density at radius 3 is 2.62 bits per heavy atom. The van der Waals surface area contributed by atoms with Crippen molar-refractivity contribution in [3.05, 3.63) is 41.5 Å². The zero-order valence-corrected chi connectivity index (χ0v) is 12.7. The minimum Gasteiger partial charge on any atom is -0.496 e. The van der Waals surface area contributed by atoms with E-state index in [0.717, 1.165) is 16.9 Å². The molecule has 1 aromatic carbocycles. The van der Waals surface area contributed by atoms with Gasteiger partial charge < -0.3 is 20.3 Å². The van der Waals surface area contributed by atoms with Gasteiger partial charge in [0.15, 0.2) is 0 Å². The van der Waals surface area contributed by atoms with Crippen LogP contribution in [0.25, 0.3) is 0 Å². The Balaban J connectivity index is 3.06. The van der Waals surface area contributed by atoms with Gasteiger partial charge >= 0.3 is 5.97 Å². The number of aryl methyl sites for hydroxylation is 2. The molecule has 0 spiro atoms. The zero-order chi connectivity index (χ0) is 16.0. The maximum atomic E-state index is 11.0. The lowest BCUT2D eigenvalue weighted by Crippen LogP contribution is -2.37. The number of aliphatic carboxylic acids is 1. The number of methoxy groups -OCH3 is 1. The summed E-state index contributed by atoms with van der Waals surface area (Å²) in [5.41, 5.74) is 2.46. The lowest BCUT2D eigenvalue weighted by atomic mass is 9.94. The van der Waals surface area contributed by atoms with Gasteiger partial charge in [-0.3, -0.25) is 4.79 Å². The molecule has 3 N–H and O–H groups in total. The van der Waals surface area contributed by atoms with E-state index in [4.69, 9.17) is 9.84 Å². The fourth-order valence-corrected chi connectivity index (χ4v) is 2.29. The molecule has 0 aliphatic carbocycles. The van der Waals surface area contributed by atoms with E-state index in [1.165, 1.54) is 0 Å². The van der Waals surface area contributed by atoms with Gasteiger partial charge in [0.25, 0.3) is 0 Å². The minimum absolute atomic E-state index is 0.167. The van der Waals surface area contributed by atoms with Crippen molar-refractivity contribution in [3.63, 3.8) is 0 Å². The number of benzene rings is 1. The van der Waals surface area contributed by atoms with Crippen molar-refractivity contribution in [2.75, 3.05) is 13.7 Å². The summed E-state index contributed by atoms with van der Waals surface area (Å²) in [5, 5.41) is 22.5. The molecule has 21 heavy (non-hydrogen) atoms. The molecule has 0 bridgehead atoms. The van der Waals surface area contributed by atoms with Gasteiger partial charge in [0.05, 0.1) is 19.6 Å². The van der Waals surface area contributed by atoms with E-state index in [9.17, 15) is 9.90 Å². The number of hydrogen-bond acceptors (Lipinski definition) is 4. The topological polar surface area (TPSA) is 78.8 Å². The molecule has 0 aliphatic rings. The van der Waals surface area contributed by atoms with Crippen molar-refractivity contribution in [2.45, 2.75) is 32.4 Å². The predicted molar refractivity (Wildman–Crippen MR) is 81.7 cm³/mol. The average Bonchev–Trinajstić information content (AvgIpc) is 2.44. The van der Waals surface area contributed by atoms with E-state index in [2.05, 4.69) is 11.9 Å². The molecule has 5 nitrogen and oxygen atoms in total. The Hall–Kier alpha value is -1.85. The molecule has 0 fully saturated rings.